The van der Waals surface area contributed by atoms with E-state index in [1.165, 1.54) is 11.1 Å². The Balaban J connectivity index is 2.31. The highest BCUT2D eigenvalue weighted by Crippen LogP contribution is 2.31. The summed E-state index contributed by atoms with van der Waals surface area (Å²) < 4.78 is 10.8. The minimum atomic E-state index is -0.164. The molecule has 17 heavy (non-hydrogen) atoms. The number of carbonyl (C=O) groups excluding carboxylic acids is 1. The number of aromatic nitrogens is 1. The van der Waals surface area contributed by atoms with Crippen molar-refractivity contribution in [1.82, 2.24) is 9.88 Å². The van der Waals surface area contributed by atoms with E-state index in [9.17, 15) is 4.79 Å². The molecule has 2 rings (SSSR count). The molecule has 0 N–H and O–H groups in total. The van der Waals surface area contributed by atoms with E-state index < -0.39 is 0 Å². The molecule has 1 fully saturated rings. The first-order valence-electron chi connectivity index (χ1n) is 5.54. The SMILES string of the molecule is COc1cnc(C(=O)N(C)C)c(OC2CC2)c1. The molecule has 1 amide bonds. The Kier molecular flexibility index (Phi) is 3.17. The van der Waals surface area contributed by atoms with Gasteiger partial charge in [0.2, 0.25) is 0 Å². The summed E-state index contributed by atoms with van der Waals surface area (Å²) in [6, 6.07) is 1.71. The maximum atomic E-state index is 11.9. The number of methoxy groups -OCH3 is 1. The number of hydrogen-bond donors (Lipinski definition) is 0. The highest BCUT2D eigenvalue weighted by molar-refractivity contribution is 5.94. The first-order valence-corrected chi connectivity index (χ1v) is 5.54. The standard InChI is InChI=1S/C12H16N2O3/c1-14(2)12(15)11-10(17-8-4-5-8)6-9(16-3)7-13-11/h6-8H,4-5H2,1-3H3. The molecule has 0 bridgehead atoms. The van der Waals surface area contributed by atoms with E-state index >= 15 is 0 Å². The van der Waals surface area contributed by atoms with E-state index in [-0.39, 0.29) is 12.0 Å². The largest absolute Gasteiger partial charge is 0.495 e. The van der Waals surface area contributed by atoms with Crippen LogP contribution in [-0.4, -0.2) is 43.1 Å². The third kappa shape index (κ3) is 2.67. The first kappa shape index (κ1) is 11.7. The summed E-state index contributed by atoms with van der Waals surface area (Å²) in [5.74, 6) is 0.935. The summed E-state index contributed by atoms with van der Waals surface area (Å²) >= 11 is 0. The zero-order chi connectivity index (χ0) is 12.4. The fourth-order valence-corrected chi connectivity index (χ4v) is 1.37. The molecule has 1 aliphatic carbocycles. The highest BCUT2D eigenvalue weighted by Gasteiger charge is 2.27. The van der Waals surface area contributed by atoms with Crippen molar-refractivity contribution in [3.8, 4) is 11.5 Å². The molecular weight excluding hydrogens is 220 g/mol. The number of hydrogen-bond acceptors (Lipinski definition) is 4. The number of amides is 1. The molecule has 5 nitrogen and oxygen atoms in total. The molecule has 92 valence electrons. The second-order valence-electron chi connectivity index (χ2n) is 4.24. The normalized spacial score (nSPS) is 14.3. The van der Waals surface area contributed by atoms with Crippen molar-refractivity contribution >= 4 is 5.91 Å². The molecule has 0 atom stereocenters. The van der Waals surface area contributed by atoms with E-state index in [2.05, 4.69) is 4.98 Å². The van der Waals surface area contributed by atoms with Gasteiger partial charge in [0.05, 0.1) is 19.4 Å². The lowest BCUT2D eigenvalue weighted by Gasteiger charge is -2.14. The summed E-state index contributed by atoms with van der Waals surface area (Å²) in [6.45, 7) is 0. The van der Waals surface area contributed by atoms with Crippen LogP contribution < -0.4 is 9.47 Å². The molecule has 1 aromatic rings. The average molecular weight is 236 g/mol. The quantitative estimate of drug-likeness (QED) is 0.791. The molecule has 0 aliphatic heterocycles. The van der Waals surface area contributed by atoms with Crippen molar-refractivity contribution in [2.24, 2.45) is 0 Å². The van der Waals surface area contributed by atoms with Gasteiger partial charge in [0.15, 0.2) is 11.4 Å². The van der Waals surface area contributed by atoms with Gasteiger partial charge in [0.25, 0.3) is 5.91 Å². The van der Waals surface area contributed by atoms with E-state index in [4.69, 9.17) is 9.47 Å². The fraction of sp³-hybridized carbons (Fsp3) is 0.500. The Bertz CT molecular complexity index is 428. The van der Waals surface area contributed by atoms with E-state index in [0.29, 0.717) is 17.2 Å². The third-order valence-electron chi connectivity index (χ3n) is 2.49. The lowest BCUT2D eigenvalue weighted by Crippen LogP contribution is -2.23. The number of carbonyl (C=O) groups is 1. The smallest absolute Gasteiger partial charge is 0.275 e. The molecule has 1 saturated carbocycles. The predicted molar refractivity (Wildman–Crippen MR) is 62.5 cm³/mol. The van der Waals surface area contributed by atoms with Crippen molar-refractivity contribution in [2.75, 3.05) is 21.2 Å². The summed E-state index contributed by atoms with van der Waals surface area (Å²) in [6.07, 6.45) is 3.81. The maximum absolute atomic E-state index is 11.9. The Morgan fingerprint density at radius 1 is 1.47 bits per heavy atom. The van der Waals surface area contributed by atoms with Crippen LogP contribution in [0.15, 0.2) is 12.3 Å². The van der Waals surface area contributed by atoms with Gasteiger partial charge in [-0.15, -0.1) is 0 Å². The van der Waals surface area contributed by atoms with Crippen molar-refractivity contribution in [1.29, 1.82) is 0 Å². The predicted octanol–water partition coefficient (Wildman–Crippen LogP) is 1.33. The zero-order valence-corrected chi connectivity index (χ0v) is 10.3. The highest BCUT2D eigenvalue weighted by atomic mass is 16.5. The molecule has 0 saturated heterocycles. The van der Waals surface area contributed by atoms with Crippen molar-refractivity contribution in [3.63, 3.8) is 0 Å². The van der Waals surface area contributed by atoms with Gasteiger partial charge in [-0.05, 0) is 12.8 Å². The average Bonchev–Trinajstić information content (AvgIpc) is 3.11. The number of ether oxygens (including phenoxy) is 2. The van der Waals surface area contributed by atoms with E-state index in [1.54, 1.807) is 27.3 Å². The number of nitrogens with zero attached hydrogens (tertiary/aromatic N) is 2. The van der Waals surface area contributed by atoms with Crippen LogP contribution in [0, 0.1) is 0 Å². The number of pyridine rings is 1. The van der Waals surface area contributed by atoms with E-state index in [0.717, 1.165) is 12.8 Å². The molecule has 1 heterocycles. The molecular formula is C12H16N2O3. The second kappa shape index (κ2) is 4.61. The fourth-order valence-electron chi connectivity index (χ4n) is 1.37. The summed E-state index contributed by atoms with van der Waals surface area (Å²) in [5.41, 5.74) is 0.336. The second-order valence-corrected chi connectivity index (χ2v) is 4.24. The Morgan fingerprint density at radius 3 is 2.71 bits per heavy atom. The van der Waals surface area contributed by atoms with Crippen LogP contribution in [0.3, 0.4) is 0 Å². The molecule has 0 spiro atoms. The van der Waals surface area contributed by atoms with Gasteiger partial charge in [0, 0.05) is 20.2 Å². The lowest BCUT2D eigenvalue weighted by atomic mass is 10.3. The molecule has 0 radical (unpaired) electrons. The van der Waals surface area contributed by atoms with Crippen LogP contribution in [0.5, 0.6) is 11.5 Å². The minimum Gasteiger partial charge on any atom is -0.495 e. The Hall–Kier alpha value is -1.78. The molecule has 1 aliphatic rings. The molecule has 0 unspecified atom stereocenters. The minimum absolute atomic E-state index is 0.164. The van der Waals surface area contributed by atoms with Crippen LogP contribution in [-0.2, 0) is 0 Å². The monoisotopic (exact) mass is 236 g/mol. The van der Waals surface area contributed by atoms with Crippen LogP contribution in [0.1, 0.15) is 23.3 Å². The van der Waals surface area contributed by atoms with Gasteiger partial charge in [-0.25, -0.2) is 4.98 Å². The topological polar surface area (TPSA) is 51.7 Å². The van der Waals surface area contributed by atoms with Crippen LogP contribution in [0.2, 0.25) is 0 Å². The van der Waals surface area contributed by atoms with Gasteiger partial charge in [-0.3, -0.25) is 4.79 Å². The van der Waals surface area contributed by atoms with Crippen LogP contribution in [0.4, 0.5) is 0 Å². The van der Waals surface area contributed by atoms with Gasteiger partial charge in [0.1, 0.15) is 5.75 Å². The Labute approximate surface area is 100 Å². The van der Waals surface area contributed by atoms with Crippen molar-refractivity contribution in [2.45, 2.75) is 18.9 Å². The van der Waals surface area contributed by atoms with Crippen molar-refractivity contribution in [3.05, 3.63) is 18.0 Å². The summed E-state index contributed by atoms with van der Waals surface area (Å²) in [7, 11) is 4.94. The third-order valence-corrected chi connectivity index (χ3v) is 2.49. The zero-order valence-electron chi connectivity index (χ0n) is 10.3. The maximum Gasteiger partial charge on any atom is 0.275 e. The van der Waals surface area contributed by atoms with Crippen LogP contribution >= 0.6 is 0 Å². The Morgan fingerprint density at radius 2 is 2.18 bits per heavy atom. The van der Waals surface area contributed by atoms with Gasteiger partial charge < -0.3 is 14.4 Å². The first-order chi connectivity index (χ1) is 8.11. The summed E-state index contributed by atoms with van der Waals surface area (Å²) in [5, 5.41) is 0. The van der Waals surface area contributed by atoms with Crippen LogP contribution in [0.25, 0.3) is 0 Å². The molecule has 0 aromatic carbocycles. The van der Waals surface area contributed by atoms with Gasteiger partial charge in [-0.2, -0.15) is 0 Å². The molecule has 1 aromatic heterocycles. The number of rotatable bonds is 4. The molecule has 5 heteroatoms. The van der Waals surface area contributed by atoms with Gasteiger partial charge in [-0.1, -0.05) is 0 Å². The lowest BCUT2D eigenvalue weighted by molar-refractivity contribution is 0.0816. The van der Waals surface area contributed by atoms with Gasteiger partial charge >= 0.3 is 0 Å². The van der Waals surface area contributed by atoms with Crippen molar-refractivity contribution < 1.29 is 14.3 Å². The summed E-state index contributed by atoms with van der Waals surface area (Å²) in [4.78, 5) is 17.5. The van der Waals surface area contributed by atoms with E-state index in [1.807, 2.05) is 0 Å².